The van der Waals surface area contributed by atoms with Crippen LogP contribution in [0.4, 0.5) is 0 Å². The summed E-state index contributed by atoms with van der Waals surface area (Å²) in [6.45, 7) is 2.90. The van der Waals surface area contributed by atoms with E-state index in [0.717, 1.165) is 12.8 Å². The molecule has 1 aromatic rings. The van der Waals surface area contributed by atoms with Crippen molar-refractivity contribution in [1.29, 1.82) is 0 Å². The van der Waals surface area contributed by atoms with Gasteiger partial charge in [0.2, 0.25) is 11.8 Å². The van der Waals surface area contributed by atoms with E-state index in [1.165, 1.54) is 30.9 Å². The second kappa shape index (κ2) is 7.13. The van der Waals surface area contributed by atoms with E-state index >= 15 is 0 Å². The number of carbonyl (C=O) groups is 2. The summed E-state index contributed by atoms with van der Waals surface area (Å²) in [5, 5.41) is 5.59. The first-order chi connectivity index (χ1) is 11.1. The van der Waals surface area contributed by atoms with E-state index in [0.29, 0.717) is 31.7 Å². The Morgan fingerprint density at radius 1 is 1.13 bits per heavy atom. The van der Waals surface area contributed by atoms with Crippen molar-refractivity contribution in [3.05, 3.63) is 35.4 Å². The third-order valence-corrected chi connectivity index (χ3v) is 4.66. The maximum atomic E-state index is 12.2. The summed E-state index contributed by atoms with van der Waals surface area (Å²) in [5.74, 6) is -0.0203. The Morgan fingerprint density at radius 3 is 2.61 bits per heavy atom. The molecule has 0 aromatic heterocycles. The fourth-order valence-corrected chi connectivity index (χ4v) is 3.44. The second-order valence-corrected chi connectivity index (χ2v) is 6.49. The van der Waals surface area contributed by atoms with Gasteiger partial charge < -0.3 is 10.6 Å². The molecule has 1 fully saturated rings. The number of amides is 2. The molecule has 0 spiro atoms. The highest BCUT2D eigenvalue weighted by atomic mass is 16.2. The van der Waals surface area contributed by atoms with Gasteiger partial charge in [0.15, 0.2) is 0 Å². The van der Waals surface area contributed by atoms with E-state index in [1.54, 1.807) is 0 Å². The van der Waals surface area contributed by atoms with E-state index in [9.17, 15) is 9.59 Å². The molecule has 1 atom stereocenters. The average molecular weight is 315 g/mol. The quantitative estimate of drug-likeness (QED) is 0.748. The molecule has 1 aromatic carbocycles. The molecule has 0 aliphatic heterocycles. The van der Waals surface area contributed by atoms with E-state index in [1.807, 2.05) is 0 Å². The molecule has 2 N–H and O–H groups in total. The number of nitrogens with zero attached hydrogens (tertiary/aromatic N) is 1. The molecule has 1 saturated carbocycles. The van der Waals surface area contributed by atoms with Crippen LogP contribution in [0.15, 0.2) is 24.3 Å². The molecule has 3 rings (SSSR count). The fraction of sp³-hybridized carbons (Fsp3) is 0.556. The molecule has 0 saturated heterocycles. The van der Waals surface area contributed by atoms with E-state index in [2.05, 4.69) is 39.8 Å². The van der Waals surface area contributed by atoms with Crippen molar-refractivity contribution in [2.45, 2.75) is 44.7 Å². The summed E-state index contributed by atoms with van der Waals surface area (Å²) in [4.78, 5) is 25.4. The fourth-order valence-electron chi connectivity index (χ4n) is 3.44. The van der Waals surface area contributed by atoms with Crippen LogP contribution >= 0.6 is 0 Å². The lowest BCUT2D eigenvalue weighted by Gasteiger charge is -2.29. The monoisotopic (exact) mass is 315 g/mol. The minimum absolute atomic E-state index is 0.0478. The van der Waals surface area contributed by atoms with Crippen molar-refractivity contribution in [3.8, 4) is 0 Å². The summed E-state index contributed by atoms with van der Waals surface area (Å²) < 4.78 is 0. The van der Waals surface area contributed by atoms with E-state index in [-0.39, 0.29) is 11.8 Å². The van der Waals surface area contributed by atoms with Crippen molar-refractivity contribution in [2.24, 2.45) is 0 Å². The summed E-state index contributed by atoms with van der Waals surface area (Å²) in [7, 11) is 0. The number of benzene rings is 1. The number of rotatable bonds is 7. The lowest BCUT2D eigenvalue weighted by Crippen LogP contribution is -2.42. The third kappa shape index (κ3) is 4.10. The third-order valence-electron chi connectivity index (χ3n) is 4.66. The van der Waals surface area contributed by atoms with Gasteiger partial charge in [-0.25, -0.2) is 0 Å². The molecular weight excluding hydrogens is 290 g/mol. The largest absolute Gasteiger partial charge is 0.355 e. The molecule has 2 aliphatic carbocycles. The Hall–Kier alpha value is -1.88. The van der Waals surface area contributed by atoms with E-state index < -0.39 is 0 Å². The molecule has 0 unspecified atom stereocenters. The van der Waals surface area contributed by atoms with Crippen molar-refractivity contribution in [3.63, 3.8) is 0 Å². The van der Waals surface area contributed by atoms with Gasteiger partial charge in [0.25, 0.3) is 0 Å². The summed E-state index contributed by atoms with van der Waals surface area (Å²) in [6.07, 6.45) is 4.60. The highest BCUT2D eigenvalue weighted by molar-refractivity contribution is 5.78. The minimum atomic E-state index is -0.0681. The number of hydrogen-bond donors (Lipinski definition) is 2. The van der Waals surface area contributed by atoms with Crippen LogP contribution in [0, 0.1) is 0 Å². The Morgan fingerprint density at radius 2 is 1.87 bits per heavy atom. The lowest BCUT2D eigenvalue weighted by molar-refractivity contribution is -0.123. The van der Waals surface area contributed by atoms with Crippen LogP contribution in [0.25, 0.3) is 0 Å². The maximum absolute atomic E-state index is 12.2. The number of carbonyl (C=O) groups excluding carboxylic acids is 2. The van der Waals surface area contributed by atoms with Gasteiger partial charge in [-0.3, -0.25) is 14.5 Å². The standard InChI is InChI=1S/C18H25N3O2/c1-13(22)19-10-11-20-18(23)12-21(15-7-8-15)17-9-6-14-4-2-3-5-16(14)17/h2-5,15,17H,6-12H2,1H3,(H,19,22)(H,20,23)/t17-/m0/s1. The SMILES string of the molecule is CC(=O)NCCNC(=O)CN(C1CC1)[C@H]1CCc2ccccc21. The zero-order valence-electron chi connectivity index (χ0n) is 13.7. The van der Waals surface area contributed by atoms with Crippen molar-refractivity contribution in [1.82, 2.24) is 15.5 Å². The first-order valence-electron chi connectivity index (χ1n) is 8.50. The predicted molar refractivity (Wildman–Crippen MR) is 88.9 cm³/mol. The smallest absolute Gasteiger partial charge is 0.234 e. The molecule has 0 radical (unpaired) electrons. The normalized spacial score (nSPS) is 19.5. The Labute approximate surface area is 137 Å². The van der Waals surface area contributed by atoms with Crippen LogP contribution in [0.5, 0.6) is 0 Å². The van der Waals surface area contributed by atoms with Crippen LogP contribution in [0.2, 0.25) is 0 Å². The lowest BCUT2D eigenvalue weighted by atomic mass is 10.1. The second-order valence-electron chi connectivity index (χ2n) is 6.49. The maximum Gasteiger partial charge on any atom is 0.234 e. The highest BCUT2D eigenvalue weighted by Crippen LogP contribution is 2.41. The van der Waals surface area contributed by atoms with E-state index in [4.69, 9.17) is 0 Å². The molecule has 5 heteroatoms. The zero-order valence-corrected chi connectivity index (χ0v) is 13.7. The van der Waals surface area contributed by atoms with Gasteiger partial charge >= 0.3 is 0 Å². The average Bonchev–Trinajstić information content (AvgIpc) is 3.28. The van der Waals surface area contributed by atoms with Crippen LogP contribution in [-0.4, -0.2) is 42.4 Å². The first-order valence-corrected chi connectivity index (χ1v) is 8.50. The van der Waals surface area contributed by atoms with Crippen LogP contribution in [0.3, 0.4) is 0 Å². The Bertz CT molecular complexity index is 583. The molecule has 2 amide bonds. The Balaban J connectivity index is 1.56. The van der Waals surface area contributed by atoms with Gasteiger partial charge in [-0.15, -0.1) is 0 Å². The molecular formula is C18H25N3O2. The predicted octanol–water partition coefficient (Wildman–Crippen LogP) is 1.39. The summed E-state index contributed by atoms with van der Waals surface area (Å²) in [6, 6.07) is 9.52. The van der Waals surface area contributed by atoms with Crippen molar-refractivity contribution in [2.75, 3.05) is 19.6 Å². The van der Waals surface area contributed by atoms with Crippen molar-refractivity contribution < 1.29 is 9.59 Å². The van der Waals surface area contributed by atoms with Gasteiger partial charge in [0.05, 0.1) is 6.54 Å². The molecule has 2 aliphatic rings. The Kier molecular flexibility index (Phi) is 4.96. The van der Waals surface area contributed by atoms with Gasteiger partial charge in [0.1, 0.15) is 0 Å². The highest BCUT2D eigenvalue weighted by Gasteiger charge is 2.38. The molecule has 23 heavy (non-hydrogen) atoms. The number of hydrogen-bond acceptors (Lipinski definition) is 3. The zero-order chi connectivity index (χ0) is 16.2. The first kappa shape index (κ1) is 16.0. The van der Waals surface area contributed by atoms with Gasteiger partial charge in [0, 0.05) is 32.1 Å². The molecule has 5 nitrogen and oxygen atoms in total. The molecule has 0 heterocycles. The van der Waals surface area contributed by atoms with Gasteiger partial charge in [-0.2, -0.15) is 0 Å². The van der Waals surface area contributed by atoms with Crippen molar-refractivity contribution >= 4 is 11.8 Å². The molecule has 124 valence electrons. The van der Waals surface area contributed by atoms with Crippen LogP contribution in [0.1, 0.15) is 43.4 Å². The summed E-state index contributed by atoms with van der Waals surface area (Å²) >= 11 is 0. The van der Waals surface area contributed by atoms with Gasteiger partial charge in [-0.05, 0) is 36.8 Å². The van der Waals surface area contributed by atoms with Crippen LogP contribution < -0.4 is 10.6 Å². The minimum Gasteiger partial charge on any atom is -0.355 e. The van der Waals surface area contributed by atoms with Crippen LogP contribution in [-0.2, 0) is 16.0 Å². The number of aryl methyl sites for hydroxylation is 1. The number of nitrogens with one attached hydrogen (secondary N) is 2. The number of fused-ring (bicyclic) bond motifs is 1. The summed E-state index contributed by atoms with van der Waals surface area (Å²) in [5.41, 5.74) is 2.82. The van der Waals surface area contributed by atoms with Gasteiger partial charge in [-0.1, -0.05) is 24.3 Å². The molecule has 0 bridgehead atoms. The topological polar surface area (TPSA) is 61.4 Å².